The number of likely N-dealkylation sites (N-methyl/N-ethyl adjacent to an activating group) is 1. The number of fused-ring (bicyclic) bond motifs is 1. The zero-order valence-electron chi connectivity index (χ0n) is 14.4. The summed E-state index contributed by atoms with van der Waals surface area (Å²) in [5.74, 6) is 0.254. The second kappa shape index (κ2) is 6.98. The average molecular weight is 358 g/mol. The summed E-state index contributed by atoms with van der Waals surface area (Å²) in [4.78, 5) is 13.5. The lowest BCUT2D eigenvalue weighted by Gasteiger charge is -2.14. The van der Waals surface area contributed by atoms with Crippen molar-refractivity contribution in [3.8, 4) is 0 Å². The number of hydrogen-bond acceptors (Lipinski definition) is 3. The van der Waals surface area contributed by atoms with Gasteiger partial charge in [0.05, 0.1) is 11.3 Å². The fourth-order valence-electron chi connectivity index (χ4n) is 3.06. The Balaban J connectivity index is 1.65. The van der Waals surface area contributed by atoms with E-state index in [9.17, 15) is 13.2 Å². The number of hydrogen-bond donors (Lipinski definition) is 1. The molecule has 0 bridgehead atoms. The fourth-order valence-corrected chi connectivity index (χ4v) is 4.15. The first-order valence-electron chi connectivity index (χ1n) is 8.32. The molecule has 1 aliphatic heterocycles. The van der Waals surface area contributed by atoms with Crippen molar-refractivity contribution in [1.29, 1.82) is 0 Å². The first-order valence-corrected chi connectivity index (χ1v) is 9.81. The third-order valence-corrected chi connectivity index (χ3v) is 6.14. The minimum absolute atomic E-state index is 0.0193. The van der Waals surface area contributed by atoms with Gasteiger partial charge < -0.3 is 4.90 Å². The zero-order valence-corrected chi connectivity index (χ0v) is 15.2. The molecule has 0 saturated heterocycles. The Morgan fingerprint density at radius 1 is 1.16 bits per heavy atom. The highest BCUT2D eigenvalue weighted by molar-refractivity contribution is 7.89. The van der Waals surface area contributed by atoms with E-state index in [-0.39, 0.29) is 23.1 Å². The van der Waals surface area contributed by atoms with Gasteiger partial charge in [-0.25, -0.2) is 13.1 Å². The van der Waals surface area contributed by atoms with Gasteiger partial charge in [0.15, 0.2) is 0 Å². The fraction of sp³-hybridized carbons (Fsp3) is 0.316. The van der Waals surface area contributed by atoms with Gasteiger partial charge in [0.25, 0.3) is 0 Å². The Kier molecular flexibility index (Phi) is 4.92. The molecule has 25 heavy (non-hydrogen) atoms. The van der Waals surface area contributed by atoms with E-state index in [1.54, 1.807) is 30.1 Å². The van der Waals surface area contributed by atoms with Crippen LogP contribution in [0.1, 0.15) is 30.4 Å². The summed E-state index contributed by atoms with van der Waals surface area (Å²) in [7, 11) is -1.87. The van der Waals surface area contributed by atoms with Gasteiger partial charge in [-0.3, -0.25) is 4.79 Å². The Hall–Kier alpha value is -2.18. The van der Waals surface area contributed by atoms with E-state index >= 15 is 0 Å². The van der Waals surface area contributed by atoms with Gasteiger partial charge in [-0.05, 0) is 41.7 Å². The third-order valence-electron chi connectivity index (χ3n) is 4.68. The summed E-state index contributed by atoms with van der Waals surface area (Å²) in [5, 5.41) is 0. The van der Waals surface area contributed by atoms with E-state index in [1.807, 2.05) is 30.3 Å². The van der Waals surface area contributed by atoms with E-state index in [1.165, 1.54) is 5.56 Å². The minimum Gasteiger partial charge on any atom is -0.315 e. The molecule has 0 radical (unpaired) electrons. The van der Waals surface area contributed by atoms with Crippen LogP contribution in [0.3, 0.4) is 0 Å². The SMILES string of the molecule is CC(CCNS(=O)(=O)c1ccc2c(c1)CC(=O)N2C)c1ccccc1. The number of nitrogens with zero attached hydrogens (tertiary/aromatic N) is 1. The van der Waals surface area contributed by atoms with Gasteiger partial charge >= 0.3 is 0 Å². The summed E-state index contributed by atoms with van der Waals surface area (Å²) in [6, 6.07) is 14.9. The van der Waals surface area contributed by atoms with Gasteiger partial charge in [-0.15, -0.1) is 0 Å². The Morgan fingerprint density at radius 2 is 1.88 bits per heavy atom. The van der Waals surface area contributed by atoms with Crippen molar-refractivity contribution < 1.29 is 13.2 Å². The summed E-state index contributed by atoms with van der Waals surface area (Å²) in [6.45, 7) is 2.45. The first kappa shape index (κ1) is 17.6. The number of carbonyl (C=O) groups is 1. The number of rotatable bonds is 6. The van der Waals surface area contributed by atoms with Crippen LogP contribution in [0.2, 0.25) is 0 Å². The molecule has 5 nitrogen and oxygen atoms in total. The number of anilines is 1. The summed E-state index contributed by atoms with van der Waals surface area (Å²) in [5.41, 5.74) is 2.73. The van der Waals surface area contributed by atoms with Crippen LogP contribution in [0.25, 0.3) is 0 Å². The molecule has 2 aromatic carbocycles. The maximum Gasteiger partial charge on any atom is 0.240 e. The van der Waals surface area contributed by atoms with E-state index < -0.39 is 10.0 Å². The van der Waals surface area contributed by atoms with Crippen LogP contribution in [-0.4, -0.2) is 27.9 Å². The Labute approximate surface area is 148 Å². The molecule has 1 N–H and O–H groups in total. The van der Waals surface area contributed by atoms with Crippen molar-refractivity contribution in [2.24, 2.45) is 0 Å². The second-order valence-corrected chi connectivity index (χ2v) is 8.19. The predicted molar refractivity (Wildman–Crippen MR) is 98.2 cm³/mol. The van der Waals surface area contributed by atoms with Crippen LogP contribution in [-0.2, 0) is 21.2 Å². The highest BCUT2D eigenvalue weighted by atomic mass is 32.2. The normalized spacial score (nSPS) is 15.3. The lowest BCUT2D eigenvalue weighted by Crippen LogP contribution is -2.25. The van der Waals surface area contributed by atoms with Crippen LogP contribution >= 0.6 is 0 Å². The molecule has 3 rings (SSSR count). The molecular formula is C19H22N2O3S. The summed E-state index contributed by atoms with van der Waals surface area (Å²) < 4.78 is 27.7. The van der Waals surface area contributed by atoms with Crippen molar-refractivity contribution in [1.82, 2.24) is 4.72 Å². The van der Waals surface area contributed by atoms with Crippen LogP contribution in [0.4, 0.5) is 5.69 Å². The molecule has 0 saturated carbocycles. The molecule has 1 unspecified atom stereocenters. The smallest absolute Gasteiger partial charge is 0.240 e. The minimum atomic E-state index is -3.57. The molecule has 1 heterocycles. The molecule has 1 atom stereocenters. The van der Waals surface area contributed by atoms with Gasteiger partial charge in [0.1, 0.15) is 0 Å². The van der Waals surface area contributed by atoms with Crippen molar-refractivity contribution >= 4 is 21.6 Å². The maximum absolute atomic E-state index is 12.5. The van der Waals surface area contributed by atoms with E-state index in [4.69, 9.17) is 0 Å². The monoisotopic (exact) mass is 358 g/mol. The van der Waals surface area contributed by atoms with Crippen LogP contribution in [0, 0.1) is 0 Å². The average Bonchev–Trinajstić information content (AvgIpc) is 2.89. The highest BCUT2D eigenvalue weighted by Gasteiger charge is 2.26. The Bertz CT molecular complexity index is 879. The number of amides is 1. The largest absolute Gasteiger partial charge is 0.315 e. The lowest BCUT2D eigenvalue weighted by atomic mass is 9.98. The first-order chi connectivity index (χ1) is 11.9. The molecule has 0 spiro atoms. The van der Waals surface area contributed by atoms with Crippen molar-refractivity contribution in [3.63, 3.8) is 0 Å². The molecule has 132 valence electrons. The molecule has 1 aliphatic rings. The molecule has 2 aromatic rings. The highest BCUT2D eigenvalue weighted by Crippen LogP contribution is 2.29. The summed E-state index contributed by atoms with van der Waals surface area (Å²) in [6.07, 6.45) is 0.968. The van der Waals surface area contributed by atoms with Crippen LogP contribution in [0.15, 0.2) is 53.4 Å². The van der Waals surface area contributed by atoms with Gasteiger partial charge in [0, 0.05) is 19.3 Å². The molecule has 0 fully saturated rings. The number of benzene rings is 2. The second-order valence-electron chi connectivity index (χ2n) is 6.42. The zero-order chi connectivity index (χ0) is 18.0. The predicted octanol–water partition coefficient (Wildman–Crippen LogP) is 2.68. The van der Waals surface area contributed by atoms with E-state index in [2.05, 4.69) is 11.6 Å². The van der Waals surface area contributed by atoms with E-state index in [0.717, 1.165) is 17.7 Å². The van der Waals surface area contributed by atoms with Gasteiger partial charge in [-0.1, -0.05) is 37.3 Å². The Morgan fingerprint density at radius 3 is 2.60 bits per heavy atom. The number of nitrogens with one attached hydrogen (secondary N) is 1. The summed E-state index contributed by atoms with van der Waals surface area (Å²) >= 11 is 0. The molecule has 0 aromatic heterocycles. The van der Waals surface area contributed by atoms with Crippen molar-refractivity contribution in [2.45, 2.75) is 30.6 Å². The quantitative estimate of drug-likeness (QED) is 0.863. The maximum atomic E-state index is 12.5. The molecule has 6 heteroatoms. The lowest BCUT2D eigenvalue weighted by molar-refractivity contribution is -0.117. The number of carbonyl (C=O) groups excluding carboxylic acids is 1. The van der Waals surface area contributed by atoms with Crippen LogP contribution in [0.5, 0.6) is 0 Å². The number of sulfonamides is 1. The standard InChI is InChI=1S/C19H22N2O3S/c1-14(15-6-4-3-5-7-15)10-11-20-25(23,24)17-8-9-18-16(12-17)13-19(22)21(18)2/h3-9,12,14,20H,10-11,13H2,1-2H3. The van der Waals surface area contributed by atoms with Crippen LogP contribution < -0.4 is 9.62 Å². The molecular weight excluding hydrogens is 336 g/mol. The third kappa shape index (κ3) is 3.75. The molecule has 0 aliphatic carbocycles. The topological polar surface area (TPSA) is 66.5 Å². The van der Waals surface area contributed by atoms with Crippen molar-refractivity contribution in [2.75, 3.05) is 18.5 Å². The molecule has 1 amide bonds. The van der Waals surface area contributed by atoms with E-state index in [0.29, 0.717) is 6.54 Å². The van der Waals surface area contributed by atoms with Gasteiger partial charge in [-0.2, -0.15) is 0 Å². The van der Waals surface area contributed by atoms with Crippen molar-refractivity contribution in [3.05, 3.63) is 59.7 Å². The van der Waals surface area contributed by atoms with Gasteiger partial charge in [0.2, 0.25) is 15.9 Å².